The van der Waals surface area contributed by atoms with E-state index in [9.17, 15) is 14.7 Å². The van der Waals surface area contributed by atoms with Crippen LogP contribution in [0.3, 0.4) is 0 Å². The van der Waals surface area contributed by atoms with Crippen LogP contribution in [0.1, 0.15) is 47.1 Å². The maximum Gasteiger partial charge on any atom is 0.338 e. The highest BCUT2D eigenvalue weighted by Gasteiger charge is 2.22. The van der Waals surface area contributed by atoms with Crippen molar-refractivity contribution in [3.05, 3.63) is 41.5 Å². The lowest BCUT2D eigenvalue weighted by Crippen LogP contribution is -2.24. The number of aromatic carboxylic acids is 1. The molecule has 0 aromatic heterocycles. The first-order valence-electron chi connectivity index (χ1n) is 6.48. The van der Waals surface area contributed by atoms with Crippen LogP contribution in [0.2, 0.25) is 0 Å². The van der Waals surface area contributed by atoms with Crippen molar-refractivity contribution in [3.8, 4) is 5.75 Å². The van der Waals surface area contributed by atoms with Crippen LogP contribution in [0, 0.1) is 0 Å². The SMILES string of the molecule is C=CCc1c(OC)cc(C(=O)OC(C)(C)C)cc1C(=O)O. The zero-order chi connectivity index (χ0) is 16.2. The van der Waals surface area contributed by atoms with Crippen molar-refractivity contribution in [2.24, 2.45) is 0 Å². The number of hydrogen-bond donors (Lipinski definition) is 1. The molecule has 0 unspecified atom stereocenters. The molecule has 0 spiro atoms. The van der Waals surface area contributed by atoms with E-state index in [0.29, 0.717) is 17.7 Å². The van der Waals surface area contributed by atoms with Crippen LogP contribution < -0.4 is 4.74 Å². The van der Waals surface area contributed by atoms with E-state index in [0.717, 1.165) is 0 Å². The van der Waals surface area contributed by atoms with Gasteiger partial charge in [0.1, 0.15) is 11.4 Å². The summed E-state index contributed by atoms with van der Waals surface area (Å²) in [5.74, 6) is -1.39. The Morgan fingerprint density at radius 3 is 2.38 bits per heavy atom. The molecule has 0 aliphatic carbocycles. The number of carboxylic acids is 1. The number of ether oxygens (including phenoxy) is 2. The largest absolute Gasteiger partial charge is 0.496 e. The van der Waals surface area contributed by atoms with Crippen molar-refractivity contribution >= 4 is 11.9 Å². The van der Waals surface area contributed by atoms with Gasteiger partial charge in [0.05, 0.1) is 18.2 Å². The number of rotatable bonds is 5. The van der Waals surface area contributed by atoms with E-state index in [2.05, 4.69) is 6.58 Å². The van der Waals surface area contributed by atoms with Gasteiger partial charge in [0.15, 0.2) is 0 Å². The van der Waals surface area contributed by atoms with Crippen molar-refractivity contribution in [1.82, 2.24) is 0 Å². The van der Waals surface area contributed by atoms with Crippen LogP contribution >= 0.6 is 0 Å². The van der Waals surface area contributed by atoms with Gasteiger partial charge in [-0.05, 0) is 39.3 Å². The first-order valence-corrected chi connectivity index (χ1v) is 6.48. The van der Waals surface area contributed by atoms with E-state index < -0.39 is 17.5 Å². The van der Waals surface area contributed by atoms with Gasteiger partial charge in [-0.1, -0.05) is 6.08 Å². The van der Waals surface area contributed by atoms with Gasteiger partial charge < -0.3 is 14.6 Å². The molecule has 1 aromatic carbocycles. The predicted molar refractivity (Wildman–Crippen MR) is 79.0 cm³/mol. The van der Waals surface area contributed by atoms with Crippen molar-refractivity contribution in [3.63, 3.8) is 0 Å². The normalized spacial score (nSPS) is 10.9. The quantitative estimate of drug-likeness (QED) is 0.667. The number of esters is 1. The summed E-state index contributed by atoms with van der Waals surface area (Å²) in [6, 6.07) is 2.79. The predicted octanol–water partition coefficient (Wildman–Crippen LogP) is 3.08. The Bertz CT molecular complexity index is 567. The van der Waals surface area contributed by atoms with Crippen molar-refractivity contribution in [2.45, 2.75) is 32.8 Å². The Balaban J connectivity index is 3.36. The molecule has 114 valence electrons. The van der Waals surface area contributed by atoms with Gasteiger partial charge in [0.25, 0.3) is 0 Å². The molecule has 0 aliphatic heterocycles. The minimum Gasteiger partial charge on any atom is -0.496 e. The lowest BCUT2D eigenvalue weighted by Gasteiger charge is -2.20. The summed E-state index contributed by atoms with van der Waals surface area (Å²) in [5.41, 5.74) is -0.0255. The molecule has 1 rings (SSSR count). The monoisotopic (exact) mass is 292 g/mol. The first-order chi connectivity index (χ1) is 9.69. The Morgan fingerprint density at radius 2 is 1.95 bits per heavy atom. The lowest BCUT2D eigenvalue weighted by molar-refractivity contribution is 0.00691. The van der Waals surface area contributed by atoms with Gasteiger partial charge in [-0.3, -0.25) is 0 Å². The van der Waals surface area contributed by atoms with E-state index in [-0.39, 0.29) is 11.1 Å². The molecular formula is C16H20O5. The summed E-state index contributed by atoms with van der Waals surface area (Å²) in [6.07, 6.45) is 1.91. The highest BCUT2D eigenvalue weighted by molar-refractivity contribution is 5.97. The van der Waals surface area contributed by atoms with Crippen LogP contribution in [0.15, 0.2) is 24.8 Å². The fourth-order valence-corrected chi connectivity index (χ4v) is 1.83. The highest BCUT2D eigenvalue weighted by Crippen LogP contribution is 2.27. The summed E-state index contributed by atoms with van der Waals surface area (Å²) in [5, 5.41) is 9.31. The second-order valence-electron chi connectivity index (χ2n) is 5.50. The lowest BCUT2D eigenvalue weighted by atomic mass is 9.99. The fourth-order valence-electron chi connectivity index (χ4n) is 1.83. The number of hydrogen-bond acceptors (Lipinski definition) is 4. The van der Waals surface area contributed by atoms with Gasteiger partial charge in [0, 0.05) is 5.56 Å². The summed E-state index contributed by atoms with van der Waals surface area (Å²) in [4.78, 5) is 23.5. The maximum atomic E-state index is 12.1. The topological polar surface area (TPSA) is 72.8 Å². The van der Waals surface area contributed by atoms with E-state index in [1.165, 1.54) is 19.2 Å². The number of allylic oxidation sites excluding steroid dienone is 1. The van der Waals surface area contributed by atoms with E-state index >= 15 is 0 Å². The molecule has 0 saturated heterocycles. The number of carbonyl (C=O) groups is 2. The van der Waals surface area contributed by atoms with Crippen LogP contribution in [0.25, 0.3) is 0 Å². The summed E-state index contributed by atoms with van der Waals surface area (Å²) >= 11 is 0. The molecule has 0 saturated carbocycles. The zero-order valence-electron chi connectivity index (χ0n) is 12.7. The van der Waals surface area contributed by atoms with Gasteiger partial charge in [-0.25, -0.2) is 9.59 Å². The molecule has 0 fully saturated rings. The number of methoxy groups -OCH3 is 1. The Morgan fingerprint density at radius 1 is 1.33 bits per heavy atom. The molecule has 0 radical (unpaired) electrons. The highest BCUT2D eigenvalue weighted by atomic mass is 16.6. The fraction of sp³-hybridized carbons (Fsp3) is 0.375. The van der Waals surface area contributed by atoms with E-state index in [1.54, 1.807) is 26.8 Å². The van der Waals surface area contributed by atoms with Gasteiger partial charge >= 0.3 is 11.9 Å². The summed E-state index contributed by atoms with van der Waals surface area (Å²) in [6.45, 7) is 8.82. The second-order valence-corrected chi connectivity index (χ2v) is 5.50. The van der Waals surface area contributed by atoms with Crippen molar-refractivity contribution < 1.29 is 24.2 Å². The molecule has 0 heterocycles. The molecule has 5 nitrogen and oxygen atoms in total. The van der Waals surface area contributed by atoms with Crippen LogP contribution in [0.4, 0.5) is 0 Å². The maximum absolute atomic E-state index is 12.1. The van der Waals surface area contributed by atoms with Gasteiger partial charge in [-0.15, -0.1) is 6.58 Å². The third-order valence-electron chi connectivity index (χ3n) is 2.64. The average Bonchev–Trinajstić information content (AvgIpc) is 2.36. The second kappa shape index (κ2) is 6.43. The van der Waals surface area contributed by atoms with Crippen LogP contribution in [-0.4, -0.2) is 29.8 Å². The van der Waals surface area contributed by atoms with Crippen molar-refractivity contribution in [1.29, 1.82) is 0 Å². The van der Waals surface area contributed by atoms with Crippen LogP contribution in [-0.2, 0) is 11.2 Å². The summed E-state index contributed by atoms with van der Waals surface area (Å²) in [7, 11) is 1.42. The molecule has 0 amide bonds. The minimum atomic E-state index is -1.13. The Labute approximate surface area is 124 Å². The molecule has 0 atom stereocenters. The Hall–Kier alpha value is -2.30. The third-order valence-corrected chi connectivity index (χ3v) is 2.64. The minimum absolute atomic E-state index is 0.00936. The standard InChI is InChI=1S/C16H20O5/c1-6-7-11-12(14(17)18)8-10(9-13(11)20-5)15(19)21-16(2,3)4/h6,8-9H,1,7H2,2-5H3,(H,17,18). The number of carboxylic acid groups (broad SMARTS) is 1. The molecule has 0 bridgehead atoms. The molecule has 21 heavy (non-hydrogen) atoms. The average molecular weight is 292 g/mol. The number of benzene rings is 1. The zero-order valence-corrected chi connectivity index (χ0v) is 12.7. The Kier molecular flexibility index (Phi) is 5.13. The van der Waals surface area contributed by atoms with Gasteiger partial charge in [0.2, 0.25) is 0 Å². The molecule has 0 aliphatic rings. The molecule has 1 aromatic rings. The smallest absolute Gasteiger partial charge is 0.338 e. The first kappa shape index (κ1) is 16.8. The molecule has 1 N–H and O–H groups in total. The van der Waals surface area contributed by atoms with E-state index in [4.69, 9.17) is 9.47 Å². The van der Waals surface area contributed by atoms with Crippen molar-refractivity contribution in [2.75, 3.05) is 7.11 Å². The molecule has 5 heteroatoms. The van der Waals surface area contributed by atoms with Gasteiger partial charge in [-0.2, -0.15) is 0 Å². The number of carbonyl (C=O) groups excluding carboxylic acids is 1. The van der Waals surface area contributed by atoms with Crippen LogP contribution in [0.5, 0.6) is 5.75 Å². The molecular weight excluding hydrogens is 272 g/mol. The van der Waals surface area contributed by atoms with E-state index in [1.807, 2.05) is 0 Å². The third kappa shape index (κ3) is 4.34. The summed E-state index contributed by atoms with van der Waals surface area (Å²) < 4.78 is 10.4.